The zero-order valence-corrected chi connectivity index (χ0v) is 10.5. The molecule has 3 heteroatoms. The average Bonchev–Trinajstić information content (AvgIpc) is 2.68. The van der Waals surface area contributed by atoms with Crippen molar-refractivity contribution in [1.29, 1.82) is 0 Å². The van der Waals surface area contributed by atoms with Crippen molar-refractivity contribution in [1.82, 2.24) is 4.57 Å². The summed E-state index contributed by atoms with van der Waals surface area (Å²) in [5.74, 6) is -0.168. The van der Waals surface area contributed by atoms with Gasteiger partial charge in [-0.1, -0.05) is 20.3 Å². The van der Waals surface area contributed by atoms with E-state index in [9.17, 15) is 4.79 Å². The van der Waals surface area contributed by atoms with E-state index in [-0.39, 0.29) is 5.97 Å². The highest BCUT2D eigenvalue weighted by Gasteiger charge is 2.09. The van der Waals surface area contributed by atoms with Crippen molar-refractivity contribution in [3.63, 3.8) is 0 Å². The number of hydrogen-bond donors (Lipinski definition) is 0. The van der Waals surface area contributed by atoms with E-state index in [0.29, 0.717) is 6.42 Å². The Morgan fingerprint density at radius 2 is 2.19 bits per heavy atom. The van der Waals surface area contributed by atoms with Crippen LogP contribution in [0.2, 0.25) is 0 Å². The van der Waals surface area contributed by atoms with Crippen molar-refractivity contribution >= 4 is 5.97 Å². The lowest BCUT2D eigenvalue weighted by atomic mass is 10.2. The minimum absolute atomic E-state index is 0.168. The number of nitrogens with zero attached hydrogens (tertiary/aromatic N) is 1. The molecular weight excluding hydrogens is 202 g/mol. The van der Waals surface area contributed by atoms with Gasteiger partial charge in [0.2, 0.25) is 0 Å². The number of carbonyl (C=O) groups excluding carboxylic acids is 1. The molecule has 0 unspecified atom stereocenters. The molecule has 0 spiro atoms. The Morgan fingerprint density at radius 1 is 1.44 bits per heavy atom. The molecule has 0 N–H and O–H groups in total. The fraction of sp³-hybridized carbons (Fsp3) is 0.615. The third-order valence-electron chi connectivity index (χ3n) is 2.76. The number of aromatic nitrogens is 1. The van der Waals surface area contributed by atoms with Crippen LogP contribution in [0.15, 0.2) is 12.3 Å². The van der Waals surface area contributed by atoms with Crippen LogP contribution in [0.5, 0.6) is 0 Å². The molecule has 0 radical (unpaired) electrons. The Morgan fingerprint density at radius 3 is 2.75 bits per heavy atom. The van der Waals surface area contributed by atoms with Crippen LogP contribution in [0.4, 0.5) is 0 Å². The van der Waals surface area contributed by atoms with Crippen molar-refractivity contribution in [2.24, 2.45) is 0 Å². The van der Waals surface area contributed by atoms with E-state index in [2.05, 4.69) is 30.7 Å². The van der Waals surface area contributed by atoms with Crippen molar-refractivity contribution in [2.45, 2.75) is 46.1 Å². The summed E-state index contributed by atoms with van der Waals surface area (Å²) in [5, 5.41) is 0. The number of rotatable bonds is 6. The molecule has 0 atom stereocenters. The van der Waals surface area contributed by atoms with Crippen LogP contribution in [0.3, 0.4) is 0 Å². The first-order chi connectivity index (χ1) is 7.71. The molecule has 0 bridgehead atoms. The molecule has 90 valence electrons. The Balaban J connectivity index is 2.78. The van der Waals surface area contributed by atoms with Crippen molar-refractivity contribution in [3.05, 3.63) is 23.5 Å². The first kappa shape index (κ1) is 12.8. The van der Waals surface area contributed by atoms with Gasteiger partial charge in [-0.15, -0.1) is 0 Å². The minimum atomic E-state index is -0.168. The second-order valence-electron chi connectivity index (χ2n) is 3.99. The van der Waals surface area contributed by atoms with Crippen LogP contribution in [0.1, 0.15) is 37.9 Å². The Bertz CT molecular complexity index is 342. The maximum atomic E-state index is 11.3. The lowest BCUT2D eigenvalue weighted by molar-refractivity contribution is -0.139. The zero-order chi connectivity index (χ0) is 12.0. The molecule has 3 nitrogen and oxygen atoms in total. The summed E-state index contributed by atoms with van der Waals surface area (Å²) in [6.45, 7) is 5.29. The van der Waals surface area contributed by atoms with Crippen molar-refractivity contribution < 1.29 is 9.53 Å². The maximum Gasteiger partial charge on any atom is 0.311 e. The fourth-order valence-corrected chi connectivity index (χ4v) is 1.72. The van der Waals surface area contributed by atoms with Crippen LogP contribution < -0.4 is 0 Å². The summed E-state index contributed by atoms with van der Waals surface area (Å²) in [6, 6.07) is 2.10. The number of methoxy groups -OCH3 is 1. The van der Waals surface area contributed by atoms with Gasteiger partial charge >= 0.3 is 5.97 Å². The number of ether oxygens (including phenoxy) is 1. The van der Waals surface area contributed by atoms with Crippen molar-refractivity contribution in [2.75, 3.05) is 7.11 Å². The quantitative estimate of drug-likeness (QED) is 0.694. The zero-order valence-electron chi connectivity index (χ0n) is 10.5. The van der Waals surface area contributed by atoms with Gasteiger partial charge in [0.15, 0.2) is 0 Å². The summed E-state index contributed by atoms with van der Waals surface area (Å²) >= 11 is 0. The highest BCUT2D eigenvalue weighted by Crippen LogP contribution is 2.12. The molecule has 0 aliphatic rings. The molecule has 0 saturated heterocycles. The van der Waals surface area contributed by atoms with Crippen molar-refractivity contribution in [3.8, 4) is 0 Å². The Kier molecular flexibility index (Phi) is 5.09. The summed E-state index contributed by atoms with van der Waals surface area (Å²) < 4.78 is 6.88. The molecule has 0 fully saturated rings. The molecule has 0 aliphatic carbocycles. The number of carbonyl (C=O) groups is 1. The lowest BCUT2D eigenvalue weighted by Gasteiger charge is -2.07. The van der Waals surface area contributed by atoms with Gasteiger partial charge in [-0.2, -0.15) is 0 Å². The molecule has 1 aromatic rings. The van der Waals surface area contributed by atoms with E-state index < -0.39 is 0 Å². The minimum Gasteiger partial charge on any atom is -0.469 e. The van der Waals surface area contributed by atoms with E-state index in [1.54, 1.807) is 0 Å². The number of unbranched alkanes of at least 4 members (excludes halogenated alkanes) is 1. The van der Waals surface area contributed by atoms with Gasteiger partial charge in [-0.25, -0.2) is 0 Å². The van der Waals surface area contributed by atoms with E-state index in [1.165, 1.54) is 12.7 Å². The first-order valence-corrected chi connectivity index (χ1v) is 5.96. The Labute approximate surface area is 97.4 Å². The SMILES string of the molecule is CCCCn1cc(CC)cc1CC(=O)OC. The lowest BCUT2D eigenvalue weighted by Crippen LogP contribution is -2.09. The monoisotopic (exact) mass is 223 g/mol. The van der Waals surface area contributed by atoms with Gasteiger partial charge in [0, 0.05) is 18.4 Å². The molecular formula is C13H21NO2. The molecule has 1 aromatic heterocycles. The highest BCUT2D eigenvalue weighted by molar-refractivity contribution is 5.72. The standard InChI is InChI=1S/C13H21NO2/c1-4-6-7-14-10-11(5-2)8-12(14)9-13(15)16-3/h8,10H,4-7,9H2,1-3H3. The normalized spacial score (nSPS) is 10.4. The average molecular weight is 223 g/mol. The van der Waals surface area contributed by atoms with Gasteiger partial charge in [-0.3, -0.25) is 4.79 Å². The van der Waals surface area contributed by atoms with E-state index >= 15 is 0 Å². The predicted octanol–water partition coefficient (Wildman–Crippen LogP) is 2.57. The van der Waals surface area contributed by atoms with Gasteiger partial charge < -0.3 is 9.30 Å². The molecule has 0 amide bonds. The largest absolute Gasteiger partial charge is 0.469 e. The third-order valence-corrected chi connectivity index (χ3v) is 2.76. The van der Waals surface area contributed by atoms with E-state index in [0.717, 1.165) is 31.5 Å². The predicted molar refractivity (Wildman–Crippen MR) is 64.4 cm³/mol. The number of esters is 1. The van der Waals surface area contributed by atoms with Crippen LogP contribution in [0, 0.1) is 0 Å². The second kappa shape index (κ2) is 6.36. The van der Waals surface area contributed by atoms with Crippen LogP contribution in [-0.4, -0.2) is 17.6 Å². The highest BCUT2D eigenvalue weighted by atomic mass is 16.5. The first-order valence-electron chi connectivity index (χ1n) is 5.96. The van der Waals surface area contributed by atoms with E-state index in [4.69, 9.17) is 4.74 Å². The van der Waals surface area contributed by atoms with Crippen LogP contribution in [-0.2, 0) is 28.9 Å². The number of aryl methyl sites for hydroxylation is 2. The van der Waals surface area contributed by atoms with Crippen LogP contribution in [0.25, 0.3) is 0 Å². The summed E-state index contributed by atoms with van der Waals surface area (Å²) in [4.78, 5) is 11.3. The van der Waals surface area contributed by atoms with E-state index in [1.807, 2.05) is 0 Å². The Hall–Kier alpha value is -1.25. The van der Waals surface area contributed by atoms with Gasteiger partial charge in [0.05, 0.1) is 13.5 Å². The summed E-state index contributed by atoms with van der Waals surface area (Å²) in [5.41, 5.74) is 2.35. The third kappa shape index (κ3) is 3.40. The molecule has 1 heterocycles. The van der Waals surface area contributed by atoms with Gasteiger partial charge in [-0.05, 0) is 24.5 Å². The fourth-order valence-electron chi connectivity index (χ4n) is 1.72. The van der Waals surface area contributed by atoms with Crippen LogP contribution >= 0.6 is 0 Å². The number of hydrogen-bond acceptors (Lipinski definition) is 2. The smallest absolute Gasteiger partial charge is 0.311 e. The van der Waals surface area contributed by atoms with Gasteiger partial charge in [0.1, 0.15) is 0 Å². The molecule has 16 heavy (non-hydrogen) atoms. The second-order valence-corrected chi connectivity index (χ2v) is 3.99. The molecule has 0 aromatic carbocycles. The molecule has 0 saturated carbocycles. The summed E-state index contributed by atoms with van der Waals surface area (Å²) in [7, 11) is 1.43. The topological polar surface area (TPSA) is 31.2 Å². The molecule has 1 rings (SSSR count). The maximum absolute atomic E-state index is 11.3. The summed E-state index contributed by atoms with van der Waals surface area (Å²) in [6.07, 6.45) is 5.84. The van der Waals surface area contributed by atoms with Gasteiger partial charge in [0.25, 0.3) is 0 Å². The molecule has 0 aliphatic heterocycles.